The smallest absolute Gasteiger partial charge is 0.0887 e. The van der Waals surface area contributed by atoms with Gasteiger partial charge < -0.3 is 5.11 Å². The Morgan fingerprint density at radius 2 is 2.31 bits per heavy atom. The van der Waals surface area contributed by atoms with Crippen molar-refractivity contribution in [1.29, 1.82) is 0 Å². The Kier molecular flexibility index (Phi) is 4.59. The third-order valence-electron chi connectivity index (χ3n) is 1.71. The van der Waals surface area contributed by atoms with Crippen molar-refractivity contribution in [3.05, 3.63) is 28.8 Å². The third-order valence-corrected chi connectivity index (χ3v) is 3.54. The zero-order chi connectivity index (χ0) is 9.84. The minimum absolute atomic E-state index is 0.478. The number of aliphatic hydroxyl groups is 1. The Morgan fingerprint density at radius 3 is 2.77 bits per heavy atom. The summed E-state index contributed by atoms with van der Waals surface area (Å²) in [6.07, 6.45) is 1.50. The van der Waals surface area contributed by atoms with Crippen LogP contribution in [0.4, 0.5) is 0 Å². The van der Waals surface area contributed by atoms with Crippen LogP contribution in [0.1, 0.15) is 11.7 Å². The molecule has 1 aromatic carbocycles. The number of thioether (sulfide) groups is 1. The molecule has 1 rings (SSSR count). The van der Waals surface area contributed by atoms with Crippen LogP contribution >= 0.6 is 39.3 Å². The zero-order valence-electron chi connectivity index (χ0n) is 7.13. The van der Waals surface area contributed by atoms with Gasteiger partial charge >= 0.3 is 0 Å². The molecule has 72 valence electrons. The molecular formula is C9H10BrClOS. The summed E-state index contributed by atoms with van der Waals surface area (Å²) in [6.45, 7) is 0. The van der Waals surface area contributed by atoms with Crippen molar-refractivity contribution in [2.24, 2.45) is 0 Å². The minimum Gasteiger partial charge on any atom is -0.388 e. The summed E-state index contributed by atoms with van der Waals surface area (Å²) in [4.78, 5) is 1.03. The van der Waals surface area contributed by atoms with E-state index in [9.17, 15) is 5.11 Å². The number of aliphatic hydroxyl groups excluding tert-OH is 1. The van der Waals surface area contributed by atoms with Crippen LogP contribution in [-0.2, 0) is 0 Å². The van der Waals surface area contributed by atoms with Gasteiger partial charge in [0.25, 0.3) is 0 Å². The maximum absolute atomic E-state index is 9.50. The summed E-state index contributed by atoms with van der Waals surface area (Å²) < 4.78 is 0. The molecule has 4 heteroatoms. The normalized spacial score (nSPS) is 12.9. The highest BCUT2D eigenvalue weighted by molar-refractivity contribution is 9.09. The molecule has 0 saturated carbocycles. The van der Waals surface area contributed by atoms with Gasteiger partial charge in [0, 0.05) is 10.2 Å². The Balaban J connectivity index is 2.95. The lowest BCUT2D eigenvalue weighted by Crippen LogP contribution is -1.97. The van der Waals surface area contributed by atoms with Gasteiger partial charge in [-0.15, -0.1) is 11.8 Å². The first-order valence-corrected chi connectivity index (χ1v) is 6.49. The van der Waals surface area contributed by atoms with Crippen molar-refractivity contribution < 1.29 is 5.11 Å². The predicted molar refractivity (Wildman–Crippen MR) is 62.0 cm³/mol. The molecule has 1 nitrogen and oxygen atoms in total. The van der Waals surface area contributed by atoms with Crippen molar-refractivity contribution in [2.45, 2.75) is 11.0 Å². The molecule has 0 radical (unpaired) electrons. The first-order chi connectivity index (χ1) is 6.19. The van der Waals surface area contributed by atoms with Crippen molar-refractivity contribution in [1.82, 2.24) is 0 Å². The second-order valence-electron chi connectivity index (χ2n) is 2.56. The van der Waals surface area contributed by atoms with E-state index >= 15 is 0 Å². The fourth-order valence-corrected chi connectivity index (χ4v) is 2.23. The Hall–Kier alpha value is 0.300. The molecule has 0 aromatic heterocycles. The zero-order valence-corrected chi connectivity index (χ0v) is 10.3. The summed E-state index contributed by atoms with van der Waals surface area (Å²) in [5, 5.41) is 10.7. The van der Waals surface area contributed by atoms with Crippen LogP contribution in [0.15, 0.2) is 23.1 Å². The number of benzene rings is 1. The van der Waals surface area contributed by atoms with Crippen molar-refractivity contribution >= 4 is 39.3 Å². The summed E-state index contributed by atoms with van der Waals surface area (Å²) in [7, 11) is 0. The number of hydrogen-bond donors (Lipinski definition) is 1. The van der Waals surface area contributed by atoms with E-state index in [1.54, 1.807) is 17.8 Å². The van der Waals surface area contributed by atoms with Crippen LogP contribution in [-0.4, -0.2) is 16.7 Å². The molecule has 0 spiro atoms. The Morgan fingerprint density at radius 1 is 1.62 bits per heavy atom. The van der Waals surface area contributed by atoms with Gasteiger partial charge in [-0.2, -0.15) is 0 Å². The maximum Gasteiger partial charge on any atom is 0.0887 e. The molecule has 0 aliphatic carbocycles. The van der Waals surface area contributed by atoms with E-state index < -0.39 is 6.10 Å². The lowest BCUT2D eigenvalue weighted by Gasteiger charge is -2.08. The first-order valence-electron chi connectivity index (χ1n) is 3.76. The molecule has 1 unspecified atom stereocenters. The van der Waals surface area contributed by atoms with Crippen LogP contribution in [0, 0.1) is 0 Å². The third kappa shape index (κ3) is 2.88. The maximum atomic E-state index is 9.50. The van der Waals surface area contributed by atoms with E-state index in [0.29, 0.717) is 10.4 Å². The van der Waals surface area contributed by atoms with Crippen LogP contribution < -0.4 is 0 Å². The second-order valence-corrected chi connectivity index (χ2v) is 4.47. The van der Waals surface area contributed by atoms with Gasteiger partial charge in [-0.3, -0.25) is 0 Å². The Labute approximate surface area is 95.6 Å². The Bertz CT molecular complexity index is 293. The average molecular weight is 282 g/mol. The van der Waals surface area contributed by atoms with E-state index in [1.807, 2.05) is 18.4 Å². The minimum atomic E-state index is -0.478. The molecule has 1 N–H and O–H groups in total. The number of halogens is 2. The van der Waals surface area contributed by atoms with Gasteiger partial charge in [0.1, 0.15) is 0 Å². The van der Waals surface area contributed by atoms with Crippen molar-refractivity contribution in [2.75, 3.05) is 11.6 Å². The molecule has 0 aliphatic heterocycles. The number of rotatable bonds is 3. The van der Waals surface area contributed by atoms with E-state index in [2.05, 4.69) is 15.9 Å². The van der Waals surface area contributed by atoms with Crippen molar-refractivity contribution in [3.8, 4) is 0 Å². The number of hydrogen-bond acceptors (Lipinski definition) is 2. The molecule has 0 bridgehead atoms. The standard InChI is InChI=1S/C9H10BrClOS/c1-13-9-3-2-6(4-7(9)11)8(12)5-10/h2-4,8,12H,5H2,1H3. The molecule has 13 heavy (non-hydrogen) atoms. The molecule has 0 fully saturated rings. The summed E-state index contributed by atoms with van der Waals surface area (Å²) in [6, 6.07) is 5.62. The highest BCUT2D eigenvalue weighted by atomic mass is 79.9. The molecule has 0 aliphatic rings. The largest absolute Gasteiger partial charge is 0.388 e. The van der Waals surface area contributed by atoms with E-state index in [1.165, 1.54) is 0 Å². The molecule has 1 atom stereocenters. The van der Waals surface area contributed by atoms with E-state index in [-0.39, 0.29) is 0 Å². The van der Waals surface area contributed by atoms with Gasteiger partial charge in [-0.25, -0.2) is 0 Å². The van der Waals surface area contributed by atoms with Gasteiger partial charge in [0.2, 0.25) is 0 Å². The molecule has 0 heterocycles. The van der Waals surface area contributed by atoms with Crippen LogP contribution in [0.3, 0.4) is 0 Å². The van der Waals surface area contributed by atoms with Crippen LogP contribution in [0.2, 0.25) is 5.02 Å². The summed E-state index contributed by atoms with van der Waals surface area (Å²) in [5.74, 6) is 0. The fourth-order valence-electron chi connectivity index (χ4n) is 0.979. The van der Waals surface area contributed by atoms with Crippen LogP contribution in [0.5, 0.6) is 0 Å². The highest BCUT2D eigenvalue weighted by Gasteiger charge is 2.07. The molecular weight excluding hydrogens is 272 g/mol. The summed E-state index contributed by atoms with van der Waals surface area (Å²) >= 11 is 10.8. The van der Waals surface area contributed by atoms with E-state index in [0.717, 1.165) is 10.5 Å². The van der Waals surface area contributed by atoms with Gasteiger partial charge in [0.05, 0.1) is 11.1 Å². The fraction of sp³-hybridized carbons (Fsp3) is 0.333. The monoisotopic (exact) mass is 280 g/mol. The second kappa shape index (κ2) is 5.25. The quantitative estimate of drug-likeness (QED) is 0.676. The van der Waals surface area contributed by atoms with Gasteiger partial charge in [0.15, 0.2) is 0 Å². The first kappa shape index (κ1) is 11.4. The van der Waals surface area contributed by atoms with Crippen LogP contribution in [0.25, 0.3) is 0 Å². The van der Waals surface area contributed by atoms with E-state index in [4.69, 9.17) is 11.6 Å². The SMILES string of the molecule is CSc1ccc(C(O)CBr)cc1Cl. The van der Waals surface area contributed by atoms with Crippen molar-refractivity contribution in [3.63, 3.8) is 0 Å². The lowest BCUT2D eigenvalue weighted by molar-refractivity contribution is 0.205. The van der Waals surface area contributed by atoms with Gasteiger partial charge in [-0.05, 0) is 24.0 Å². The highest BCUT2D eigenvalue weighted by Crippen LogP contribution is 2.28. The lowest BCUT2D eigenvalue weighted by atomic mass is 10.1. The van der Waals surface area contributed by atoms with Gasteiger partial charge in [-0.1, -0.05) is 33.6 Å². The molecule has 0 saturated heterocycles. The summed E-state index contributed by atoms with van der Waals surface area (Å²) in [5.41, 5.74) is 0.847. The topological polar surface area (TPSA) is 20.2 Å². The predicted octanol–water partition coefficient (Wildman–Crippen LogP) is 3.49. The number of alkyl halides is 1. The molecule has 1 aromatic rings. The average Bonchev–Trinajstić information content (AvgIpc) is 2.16. The molecule has 0 amide bonds.